The highest BCUT2D eigenvalue weighted by molar-refractivity contribution is 5.97. The third-order valence-electron chi connectivity index (χ3n) is 7.27. The molecule has 2 aliphatic heterocycles. The van der Waals surface area contributed by atoms with Gasteiger partial charge in [0.1, 0.15) is 5.82 Å². The Morgan fingerprint density at radius 1 is 1.21 bits per heavy atom. The third kappa shape index (κ3) is 4.12. The van der Waals surface area contributed by atoms with E-state index in [4.69, 9.17) is 4.98 Å². The number of benzene rings is 1. The third-order valence-corrected chi connectivity index (χ3v) is 7.27. The molecule has 2 amide bonds. The summed E-state index contributed by atoms with van der Waals surface area (Å²) >= 11 is 0. The number of hydrogen-bond donors (Lipinski definition) is 2. The molecule has 1 aromatic carbocycles. The molecule has 2 atom stereocenters. The first-order valence-electron chi connectivity index (χ1n) is 11.9. The van der Waals surface area contributed by atoms with Crippen molar-refractivity contribution < 1.29 is 14.7 Å². The molecule has 0 spiro atoms. The minimum Gasteiger partial charge on any atom is -0.396 e. The fourth-order valence-electron chi connectivity index (χ4n) is 5.15. The van der Waals surface area contributed by atoms with Crippen LogP contribution in [0, 0.1) is 24.2 Å². The smallest absolute Gasteiger partial charge is 0.255 e. The van der Waals surface area contributed by atoms with E-state index in [1.54, 1.807) is 23.1 Å². The zero-order chi connectivity index (χ0) is 23.8. The molecule has 34 heavy (non-hydrogen) atoms. The van der Waals surface area contributed by atoms with E-state index in [0.717, 1.165) is 5.82 Å². The van der Waals surface area contributed by atoms with Crippen molar-refractivity contribution in [3.05, 3.63) is 58.3 Å². The molecule has 1 aliphatic carbocycles. The van der Waals surface area contributed by atoms with Crippen LogP contribution in [0.2, 0.25) is 0 Å². The van der Waals surface area contributed by atoms with Crippen LogP contribution in [-0.4, -0.2) is 66.1 Å². The summed E-state index contributed by atoms with van der Waals surface area (Å²) in [5.41, 5.74) is 3.76. The number of nitriles is 1. The topological polar surface area (TPSA) is 110 Å². The largest absolute Gasteiger partial charge is 0.396 e. The molecule has 8 nitrogen and oxygen atoms in total. The first-order valence-corrected chi connectivity index (χ1v) is 11.9. The van der Waals surface area contributed by atoms with E-state index in [1.165, 1.54) is 24.0 Å². The van der Waals surface area contributed by atoms with Gasteiger partial charge in [-0.05, 0) is 54.5 Å². The lowest BCUT2D eigenvalue weighted by molar-refractivity contribution is -0.120. The van der Waals surface area contributed by atoms with Crippen LogP contribution in [-0.2, 0) is 4.79 Å². The number of aromatic nitrogens is 1. The number of aliphatic hydroxyl groups excluding tert-OH is 1. The lowest BCUT2D eigenvalue weighted by Crippen LogP contribution is -2.49. The van der Waals surface area contributed by atoms with Crippen molar-refractivity contribution in [2.24, 2.45) is 5.92 Å². The van der Waals surface area contributed by atoms with Crippen molar-refractivity contribution in [2.75, 3.05) is 44.2 Å². The zero-order valence-electron chi connectivity index (χ0n) is 19.3. The molecule has 2 N–H and O–H groups in total. The van der Waals surface area contributed by atoms with E-state index < -0.39 is 5.92 Å². The number of rotatable bonds is 5. The first-order chi connectivity index (χ1) is 16.5. The second kappa shape index (κ2) is 9.07. The Morgan fingerprint density at radius 2 is 1.97 bits per heavy atom. The fourth-order valence-corrected chi connectivity index (χ4v) is 5.15. The van der Waals surface area contributed by atoms with Crippen LogP contribution in [0.25, 0.3) is 0 Å². The van der Waals surface area contributed by atoms with Gasteiger partial charge < -0.3 is 20.2 Å². The van der Waals surface area contributed by atoms with Gasteiger partial charge in [0.2, 0.25) is 5.91 Å². The summed E-state index contributed by atoms with van der Waals surface area (Å²) in [4.78, 5) is 34.2. The molecule has 1 saturated carbocycles. The fraction of sp³-hybridized carbons (Fsp3) is 0.462. The normalized spacial score (nSPS) is 22.4. The van der Waals surface area contributed by atoms with Gasteiger partial charge in [0.25, 0.3) is 5.91 Å². The number of nitrogens with zero attached hydrogens (tertiary/aromatic N) is 4. The van der Waals surface area contributed by atoms with Gasteiger partial charge in [-0.25, -0.2) is 4.98 Å². The molecule has 1 aromatic heterocycles. The quantitative estimate of drug-likeness (QED) is 0.707. The number of aliphatic hydroxyl groups is 1. The number of nitrogens with one attached hydrogen (secondary N) is 1. The highest BCUT2D eigenvalue weighted by Crippen LogP contribution is 2.40. The minimum atomic E-state index is -0.508. The minimum absolute atomic E-state index is 0.117. The van der Waals surface area contributed by atoms with Gasteiger partial charge >= 0.3 is 0 Å². The van der Waals surface area contributed by atoms with Crippen molar-refractivity contribution in [3.63, 3.8) is 0 Å². The molecule has 8 heteroatoms. The summed E-state index contributed by atoms with van der Waals surface area (Å²) in [6.45, 7) is 4.85. The second-order valence-corrected chi connectivity index (χ2v) is 9.54. The van der Waals surface area contributed by atoms with Gasteiger partial charge in [0, 0.05) is 51.4 Å². The maximum atomic E-state index is 13.3. The van der Waals surface area contributed by atoms with Crippen LogP contribution in [0.15, 0.2) is 30.5 Å². The van der Waals surface area contributed by atoms with Crippen molar-refractivity contribution >= 4 is 17.6 Å². The molecule has 176 valence electrons. The number of carbonyl (C=O) groups excluding carboxylic acids is 2. The van der Waals surface area contributed by atoms with E-state index >= 15 is 0 Å². The highest BCUT2D eigenvalue weighted by atomic mass is 16.3. The number of piperazine rings is 1. The summed E-state index contributed by atoms with van der Waals surface area (Å²) in [7, 11) is 0. The molecule has 3 fully saturated rings. The summed E-state index contributed by atoms with van der Waals surface area (Å²) in [5, 5.41) is 22.1. The number of amides is 2. The summed E-state index contributed by atoms with van der Waals surface area (Å²) in [5.74, 6) is 0.578. The van der Waals surface area contributed by atoms with Crippen LogP contribution in [0.1, 0.15) is 57.3 Å². The Kier molecular flexibility index (Phi) is 5.96. The molecule has 0 bridgehead atoms. The van der Waals surface area contributed by atoms with E-state index in [0.29, 0.717) is 49.8 Å². The number of carbonyl (C=O) groups is 2. The highest BCUT2D eigenvalue weighted by Gasteiger charge is 2.36. The number of aryl methyl sites for hydroxylation is 1. The van der Waals surface area contributed by atoms with Gasteiger partial charge in [-0.15, -0.1) is 0 Å². The van der Waals surface area contributed by atoms with Crippen LogP contribution >= 0.6 is 0 Å². The van der Waals surface area contributed by atoms with Gasteiger partial charge in [0.15, 0.2) is 0 Å². The van der Waals surface area contributed by atoms with E-state index in [2.05, 4.69) is 29.3 Å². The average Bonchev–Trinajstić information content (AvgIpc) is 3.65. The molecule has 0 radical (unpaired) electrons. The Labute approximate surface area is 199 Å². The molecular formula is C26H29N5O3. The van der Waals surface area contributed by atoms with Crippen molar-refractivity contribution in [1.29, 1.82) is 5.26 Å². The van der Waals surface area contributed by atoms with Crippen molar-refractivity contribution in [2.45, 2.75) is 31.6 Å². The second-order valence-electron chi connectivity index (χ2n) is 9.54. The van der Waals surface area contributed by atoms with Crippen LogP contribution < -0.4 is 10.2 Å². The molecule has 3 aliphatic rings. The Balaban J connectivity index is 1.28. The van der Waals surface area contributed by atoms with Gasteiger partial charge in [-0.2, -0.15) is 5.26 Å². The predicted octanol–water partition coefficient (Wildman–Crippen LogP) is 1.92. The maximum absolute atomic E-state index is 13.3. The van der Waals surface area contributed by atoms with Crippen molar-refractivity contribution in [1.82, 2.24) is 15.2 Å². The molecule has 2 aromatic rings. The van der Waals surface area contributed by atoms with Gasteiger partial charge in [0.05, 0.1) is 23.1 Å². The lowest BCUT2D eigenvalue weighted by atomic mass is 9.87. The molecular weight excluding hydrogens is 430 g/mol. The van der Waals surface area contributed by atoms with E-state index in [1.807, 2.05) is 6.20 Å². The first kappa shape index (κ1) is 22.4. The lowest BCUT2D eigenvalue weighted by Gasteiger charge is -2.36. The monoisotopic (exact) mass is 459 g/mol. The van der Waals surface area contributed by atoms with Crippen LogP contribution in [0.5, 0.6) is 0 Å². The Hall–Kier alpha value is -3.44. The van der Waals surface area contributed by atoms with Crippen molar-refractivity contribution in [3.8, 4) is 6.07 Å². The van der Waals surface area contributed by atoms with Gasteiger partial charge in [-0.3, -0.25) is 9.59 Å². The summed E-state index contributed by atoms with van der Waals surface area (Å²) in [6, 6.07) is 9.37. The summed E-state index contributed by atoms with van der Waals surface area (Å²) in [6.07, 6.45) is 4.50. The number of pyridine rings is 1. The molecule has 3 heterocycles. The van der Waals surface area contributed by atoms with Crippen LogP contribution in [0.3, 0.4) is 0 Å². The maximum Gasteiger partial charge on any atom is 0.255 e. The van der Waals surface area contributed by atoms with E-state index in [-0.39, 0.29) is 29.9 Å². The molecule has 5 rings (SSSR count). The number of hydrogen-bond acceptors (Lipinski definition) is 6. The Morgan fingerprint density at radius 3 is 2.62 bits per heavy atom. The van der Waals surface area contributed by atoms with Crippen LogP contribution in [0.4, 0.5) is 5.82 Å². The average molecular weight is 460 g/mol. The van der Waals surface area contributed by atoms with Gasteiger partial charge in [-0.1, -0.05) is 12.1 Å². The SMILES string of the molecule is Cc1cc(C2CC2)cnc1N1CCN(C(=O)c2ccc([C@@H]3C(=O)NCC3CO)cc2C#N)CC1. The standard InChI is InChI=1S/C26H29N5O3/c1-16-10-20(17-2-3-17)13-28-24(16)30-6-8-31(9-7-30)26(34)22-5-4-18(11-19(22)12-27)23-21(15-32)14-29-25(23)33/h4-5,10-11,13,17,21,23,32H,2-3,6-9,14-15H2,1H3,(H,29,33)/t21?,23-/m0/s1. The summed E-state index contributed by atoms with van der Waals surface area (Å²) < 4.78 is 0. The van der Waals surface area contributed by atoms with E-state index in [9.17, 15) is 20.0 Å². The Bertz CT molecular complexity index is 1160. The number of anilines is 1. The predicted molar refractivity (Wildman–Crippen MR) is 127 cm³/mol. The zero-order valence-corrected chi connectivity index (χ0v) is 19.3. The molecule has 2 saturated heterocycles. The molecule has 1 unspecified atom stereocenters.